The predicted molar refractivity (Wildman–Crippen MR) is 87.9 cm³/mol. The third-order valence-electron chi connectivity index (χ3n) is 2.49. The fourth-order valence-electron chi connectivity index (χ4n) is 1.47. The third kappa shape index (κ3) is 10.4. The van der Waals surface area contributed by atoms with E-state index in [-0.39, 0.29) is 37.6 Å². The Balaban J connectivity index is 4.44. The first kappa shape index (κ1) is 22.6. The molecule has 0 aromatic carbocycles. The molecule has 0 amide bonds. The number of aliphatic hydroxyl groups is 1. The minimum absolute atomic E-state index is 0.0174. The molecule has 0 aromatic rings. The Labute approximate surface area is 142 Å². The van der Waals surface area contributed by atoms with Crippen molar-refractivity contribution in [2.24, 2.45) is 0 Å². The number of ether oxygens (including phenoxy) is 2. The summed E-state index contributed by atoms with van der Waals surface area (Å²) in [5, 5.41) is 10.3. The van der Waals surface area contributed by atoms with Crippen LogP contribution in [0.4, 0.5) is 0 Å². The monoisotopic (exact) mass is 380 g/mol. The molecule has 0 saturated carbocycles. The van der Waals surface area contributed by atoms with Crippen LogP contribution < -0.4 is 0 Å². The van der Waals surface area contributed by atoms with Crippen molar-refractivity contribution >= 4 is 30.8 Å². The van der Waals surface area contributed by atoms with E-state index in [4.69, 9.17) is 41.7 Å². The highest BCUT2D eigenvalue weighted by Crippen LogP contribution is 2.48. The standard InChI is InChI=1S/C13H27Cl2O6P/c1-3-8-18-13(16,19-9-4-2)5-10-20-22(17,12-7-15)21-11-6-14/h16H,3-12H2,1-2H3. The molecular weight excluding hydrogens is 354 g/mol. The molecule has 0 saturated heterocycles. The highest BCUT2D eigenvalue weighted by molar-refractivity contribution is 7.53. The van der Waals surface area contributed by atoms with Crippen LogP contribution in [-0.4, -0.2) is 55.4 Å². The summed E-state index contributed by atoms with van der Waals surface area (Å²) >= 11 is 11.1. The van der Waals surface area contributed by atoms with Gasteiger partial charge in [-0.15, -0.1) is 23.2 Å². The first-order valence-corrected chi connectivity index (χ1v) is 10.2. The highest BCUT2D eigenvalue weighted by Gasteiger charge is 2.31. The van der Waals surface area contributed by atoms with Gasteiger partial charge in [-0.05, 0) is 12.8 Å². The average Bonchev–Trinajstić information content (AvgIpc) is 2.49. The van der Waals surface area contributed by atoms with Gasteiger partial charge in [0.25, 0.3) is 5.97 Å². The van der Waals surface area contributed by atoms with Gasteiger partial charge in [-0.25, -0.2) is 0 Å². The van der Waals surface area contributed by atoms with Crippen LogP contribution in [0.1, 0.15) is 33.1 Å². The van der Waals surface area contributed by atoms with Crippen LogP contribution in [0.5, 0.6) is 0 Å². The van der Waals surface area contributed by atoms with Crippen molar-refractivity contribution in [1.82, 2.24) is 0 Å². The zero-order valence-corrected chi connectivity index (χ0v) is 15.7. The maximum absolute atomic E-state index is 12.3. The van der Waals surface area contributed by atoms with E-state index in [1.807, 2.05) is 13.8 Å². The number of rotatable bonds is 15. The van der Waals surface area contributed by atoms with Gasteiger partial charge < -0.3 is 23.6 Å². The molecule has 1 atom stereocenters. The highest BCUT2D eigenvalue weighted by atomic mass is 35.5. The quantitative estimate of drug-likeness (QED) is 0.266. The SMILES string of the molecule is CCCOC(O)(CCOP(=O)(CCCl)OCCCl)OCCC. The van der Waals surface area contributed by atoms with Gasteiger partial charge in [0.15, 0.2) is 0 Å². The molecule has 0 rings (SSSR count). The molecule has 0 aliphatic carbocycles. The van der Waals surface area contributed by atoms with Crippen molar-refractivity contribution in [3.8, 4) is 0 Å². The molecular formula is C13H27Cl2O6P. The summed E-state index contributed by atoms with van der Waals surface area (Å²) in [4.78, 5) is 0. The first-order valence-electron chi connectivity index (χ1n) is 7.45. The van der Waals surface area contributed by atoms with Crippen LogP contribution in [0, 0.1) is 0 Å². The topological polar surface area (TPSA) is 74.2 Å². The summed E-state index contributed by atoms with van der Waals surface area (Å²) in [7, 11) is -3.31. The lowest BCUT2D eigenvalue weighted by atomic mass is 10.4. The van der Waals surface area contributed by atoms with Crippen LogP contribution in [-0.2, 0) is 23.1 Å². The van der Waals surface area contributed by atoms with Gasteiger partial charge in [0.1, 0.15) is 0 Å². The number of hydrogen-bond donors (Lipinski definition) is 1. The van der Waals surface area contributed by atoms with Crippen molar-refractivity contribution in [2.75, 3.05) is 44.3 Å². The molecule has 0 aliphatic rings. The van der Waals surface area contributed by atoms with E-state index in [0.29, 0.717) is 13.2 Å². The predicted octanol–water partition coefficient (Wildman–Crippen LogP) is 3.58. The zero-order chi connectivity index (χ0) is 16.9. The second kappa shape index (κ2) is 13.0. The minimum Gasteiger partial charge on any atom is -0.343 e. The van der Waals surface area contributed by atoms with E-state index in [2.05, 4.69) is 0 Å². The third-order valence-corrected chi connectivity index (χ3v) is 5.02. The van der Waals surface area contributed by atoms with Crippen LogP contribution in [0.25, 0.3) is 0 Å². The summed E-state index contributed by atoms with van der Waals surface area (Å²) in [5.41, 5.74) is 0. The molecule has 6 nitrogen and oxygen atoms in total. The smallest absolute Gasteiger partial charge is 0.331 e. The number of hydrogen-bond acceptors (Lipinski definition) is 6. The average molecular weight is 381 g/mol. The lowest BCUT2D eigenvalue weighted by molar-refractivity contribution is -0.364. The van der Waals surface area contributed by atoms with Crippen LogP contribution in [0.2, 0.25) is 0 Å². The molecule has 22 heavy (non-hydrogen) atoms. The minimum atomic E-state index is -3.31. The van der Waals surface area contributed by atoms with Gasteiger partial charge in [-0.1, -0.05) is 13.8 Å². The second-order valence-electron chi connectivity index (χ2n) is 4.54. The summed E-state index contributed by atoms with van der Waals surface area (Å²) in [6.45, 7) is 4.61. The fraction of sp³-hybridized carbons (Fsp3) is 1.00. The normalized spacial score (nSPS) is 15.0. The maximum atomic E-state index is 12.3. The van der Waals surface area contributed by atoms with Gasteiger partial charge in [-0.3, -0.25) is 4.57 Å². The van der Waals surface area contributed by atoms with E-state index in [9.17, 15) is 9.67 Å². The van der Waals surface area contributed by atoms with E-state index in [0.717, 1.165) is 12.8 Å². The molecule has 1 N–H and O–H groups in total. The second-order valence-corrected chi connectivity index (χ2v) is 7.48. The Kier molecular flexibility index (Phi) is 13.3. The Bertz CT molecular complexity index is 311. The van der Waals surface area contributed by atoms with Crippen molar-refractivity contribution in [1.29, 1.82) is 0 Å². The molecule has 0 aliphatic heterocycles. The largest absolute Gasteiger partial charge is 0.343 e. The summed E-state index contributed by atoms with van der Waals surface area (Å²) in [6, 6.07) is 0. The Morgan fingerprint density at radius 3 is 1.95 bits per heavy atom. The molecule has 0 heterocycles. The Morgan fingerprint density at radius 1 is 0.955 bits per heavy atom. The molecule has 1 unspecified atom stereocenters. The van der Waals surface area contributed by atoms with E-state index in [1.165, 1.54) is 0 Å². The summed E-state index contributed by atoms with van der Waals surface area (Å²) in [6.07, 6.45) is 1.57. The first-order chi connectivity index (χ1) is 10.4. The van der Waals surface area contributed by atoms with Gasteiger partial charge in [0, 0.05) is 11.8 Å². The molecule has 0 aromatic heterocycles. The Morgan fingerprint density at radius 2 is 1.50 bits per heavy atom. The van der Waals surface area contributed by atoms with Crippen molar-refractivity contribution in [3.63, 3.8) is 0 Å². The molecule has 0 spiro atoms. The van der Waals surface area contributed by atoms with Crippen LogP contribution in [0.3, 0.4) is 0 Å². The van der Waals surface area contributed by atoms with Gasteiger partial charge >= 0.3 is 7.60 Å². The number of alkyl halides is 2. The Hall–Kier alpha value is 0.610. The van der Waals surface area contributed by atoms with Crippen molar-refractivity contribution in [3.05, 3.63) is 0 Å². The van der Waals surface area contributed by atoms with Gasteiger partial charge in [0.2, 0.25) is 0 Å². The van der Waals surface area contributed by atoms with Crippen LogP contribution >= 0.6 is 30.8 Å². The molecule has 0 fully saturated rings. The van der Waals surface area contributed by atoms with Gasteiger partial charge in [0.05, 0.1) is 39.0 Å². The lowest BCUT2D eigenvalue weighted by Crippen LogP contribution is -2.37. The maximum Gasteiger partial charge on any atom is 0.331 e. The lowest BCUT2D eigenvalue weighted by Gasteiger charge is -2.28. The van der Waals surface area contributed by atoms with Crippen molar-refractivity contribution < 1.29 is 28.2 Å². The molecule has 134 valence electrons. The molecule has 0 bridgehead atoms. The van der Waals surface area contributed by atoms with Gasteiger partial charge in [-0.2, -0.15) is 0 Å². The zero-order valence-electron chi connectivity index (χ0n) is 13.3. The molecule has 0 radical (unpaired) electrons. The summed E-state index contributed by atoms with van der Waals surface area (Å²) in [5.74, 6) is -1.40. The van der Waals surface area contributed by atoms with E-state index >= 15 is 0 Å². The number of halogens is 2. The van der Waals surface area contributed by atoms with Crippen molar-refractivity contribution in [2.45, 2.75) is 39.1 Å². The fourth-order valence-corrected chi connectivity index (χ4v) is 3.55. The van der Waals surface area contributed by atoms with Crippen LogP contribution in [0.15, 0.2) is 0 Å². The molecule has 9 heteroatoms. The van der Waals surface area contributed by atoms with E-state index < -0.39 is 13.6 Å². The summed E-state index contributed by atoms with van der Waals surface area (Å²) < 4.78 is 33.4. The van der Waals surface area contributed by atoms with E-state index in [1.54, 1.807) is 0 Å².